The van der Waals surface area contributed by atoms with E-state index >= 15 is 0 Å². The van der Waals surface area contributed by atoms with Gasteiger partial charge in [-0.05, 0) is 12.8 Å². The van der Waals surface area contributed by atoms with Crippen molar-refractivity contribution in [2.24, 2.45) is 0 Å². The van der Waals surface area contributed by atoms with E-state index in [-0.39, 0.29) is 23.3 Å². The first kappa shape index (κ1) is 14.5. The maximum absolute atomic E-state index is 12.2. The molecule has 1 aliphatic heterocycles. The first-order chi connectivity index (χ1) is 10.7. The molecule has 1 fully saturated rings. The summed E-state index contributed by atoms with van der Waals surface area (Å²) in [5.74, 6) is 0.0528. The number of carbonyl (C=O) groups is 1. The third kappa shape index (κ3) is 3.40. The third-order valence-electron chi connectivity index (χ3n) is 3.53. The monoisotopic (exact) mass is 304 g/mol. The standard InChI is InChI=1S/C14H16N4O4/c19-13-5-10(16-8-17-13)1-2-11-7-18(3-4-21-11)14(20)12-6-15-9-22-12/h5-6,8-9,11H,1-4,7H2,(H,16,17,19)/t11-/m0/s1. The molecule has 0 aliphatic carbocycles. The number of hydrogen-bond donors (Lipinski definition) is 1. The molecule has 116 valence electrons. The number of nitrogens with zero attached hydrogens (tertiary/aromatic N) is 3. The Kier molecular flexibility index (Phi) is 4.29. The van der Waals surface area contributed by atoms with Gasteiger partial charge in [-0.25, -0.2) is 9.97 Å². The number of hydrogen-bond acceptors (Lipinski definition) is 6. The number of carbonyl (C=O) groups excluding carboxylic acids is 1. The van der Waals surface area contributed by atoms with Gasteiger partial charge in [0.1, 0.15) is 0 Å². The van der Waals surface area contributed by atoms with E-state index in [1.165, 1.54) is 25.0 Å². The van der Waals surface area contributed by atoms with Crippen LogP contribution in [0.25, 0.3) is 0 Å². The van der Waals surface area contributed by atoms with Crippen LogP contribution in [-0.4, -0.2) is 51.6 Å². The number of ether oxygens (including phenoxy) is 1. The first-order valence-electron chi connectivity index (χ1n) is 7.05. The highest BCUT2D eigenvalue weighted by Crippen LogP contribution is 2.14. The topological polar surface area (TPSA) is 101 Å². The second-order valence-corrected chi connectivity index (χ2v) is 5.05. The fourth-order valence-corrected chi connectivity index (χ4v) is 2.41. The van der Waals surface area contributed by atoms with Crippen molar-refractivity contribution in [1.29, 1.82) is 0 Å². The molecule has 1 amide bonds. The van der Waals surface area contributed by atoms with Gasteiger partial charge in [-0.1, -0.05) is 0 Å². The van der Waals surface area contributed by atoms with E-state index in [9.17, 15) is 9.59 Å². The maximum atomic E-state index is 12.2. The van der Waals surface area contributed by atoms with E-state index in [2.05, 4.69) is 15.0 Å². The summed E-state index contributed by atoms with van der Waals surface area (Å²) < 4.78 is 10.7. The van der Waals surface area contributed by atoms with Crippen LogP contribution in [0.2, 0.25) is 0 Å². The highest BCUT2D eigenvalue weighted by Gasteiger charge is 2.26. The summed E-state index contributed by atoms with van der Waals surface area (Å²) in [6.45, 7) is 1.50. The Balaban J connectivity index is 1.56. The van der Waals surface area contributed by atoms with Gasteiger partial charge in [0.15, 0.2) is 6.39 Å². The van der Waals surface area contributed by atoms with Crippen LogP contribution in [0, 0.1) is 0 Å². The second-order valence-electron chi connectivity index (χ2n) is 5.05. The van der Waals surface area contributed by atoms with E-state index in [0.717, 1.165) is 0 Å². The van der Waals surface area contributed by atoms with E-state index in [0.29, 0.717) is 38.2 Å². The minimum atomic E-state index is -0.180. The molecule has 3 heterocycles. The van der Waals surface area contributed by atoms with Crippen LogP contribution >= 0.6 is 0 Å². The molecule has 2 aromatic rings. The molecule has 2 aromatic heterocycles. The molecule has 3 rings (SSSR count). The molecule has 1 saturated heterocycles. The number of amides is 1. The lowest BCUT2D eigenvalue weighted by molar-refractivity contribution is -0.0256. The molecular weight excluding hydrogens is 288 g/mol. The van der Waals surface area contributed by atoms with E-state index in [1.54, 1.807) is 4.90 Å². The molecule has 0 spiro atoms. The van der Waals surface area contributed by atoms with Gasteiger partial charge in [0.2, 0.25) is 5.76 Å². The first-order valence-corrected chi connectivity index (χ1v) is 7.05. The number of H-pyrrole nitrogens is 1. The fraction of sp³-hybridized carbons (Fsp3) is 0.429. The molecule has 1 N–H and O–H groups in total. The number of aromatic amines is 1. The smallest absolute Gasteiger partial charge is 0.291 e. The lowest BCUT2D eigenvalue weighted by Crippen LogP contribution is -2.45. The predicted molar refractivity (Wildman–Crippen MR) is 75.3 cm³/mol. The van der Waals surface area contributed by atoms with Crippen molar-refractivity contribution < 1.29 is 13.9 Å². The van der Waals surface area contributed by atoms with E-state index in [1.807, 2.05) is 0 Å². The summed E-state index contributed by atoms with van der Waals surface area (Å²) in [6.07, 6.45) is 5.27. The molecule has 0 saturated carbocycles. The van der Waals surface area contributed by atoms with Crippen LogP contribution in [0.1, 0.15) is 22.7 Å². The van der Waals surface area contributed by atoms with Gasteiger partial charge in [0.25, 0.3) is 11.5 Å². The van der Waals surface area contributed by atoms with Crippen LogP contribution in [0.4, 0.5) is 0 Å². The number of nitrogens with one attached hydrogen (secondary N) is 1. The number of morpholine rings is 1. The van der Waals surface area contributed by atoms with Crippen LogP contribution in [-0.2, 0) is 11.2 Å². The Bertz CT molecular complexity index is 682. The SMILES string of the molecule is O=C(c1cnco1)N1CCO[C@@H](CCc2cc(=O)[nH]cn2)C1. The average molecular weight is 304 g/mol. The summed E-state index contributed by atoms with van der Waals surface area (Å²) in [7, 11) is 0. The van der Waals surface area contributed by atoms with Crippen molar-refractivity contribution >= 4 is 5.91 Å². The Morgan fingerprint density at radius 3 is 3.18 bits per heavy atom. The zero-order chi connectivity index (χ0) is 15.4. The number of aryl methyl sites for hydroxylation is 1. The summed E-state index contributed by atoms with van der Waals surface area (Å²) in [5, 5.41) is 0. The summed E-state index contributed by atoms with van der Waals surface area (Å²) in [4.78, 5) is 35.5. The fourth-order valence-electron chi connectivity index (χ4n) is 2.41. The van der Waals surface area contributed by atoms with E-state index in [4.69, 9.17) is 9.15 Å². The van der Waals surface area contributed by atoms with Crippen molar-refractivity contribution in [2.75, 3.05) is 19.7 Å². The van der Waals surface area contributed by atoms with Gasteiger partial charge in [0.05, 0.1) is 25.2 Å². The lowest BCUT2D eigenvalue weighted by atomic mass is 10.1. The van der Waals surface area contributed by atoms with Crippen molar-refractivity contribution in [2.45, 2.75) is 18.9 Å². The molecule has 0 radical (unpaired) electrons. The Morgan fingerprint density at radius 1 is 1.50 bits per heavy atom. The van der Waals surface area contributed by atoms with Gasteiger partial charge < -0.3 is 19.0 Å². The zero-order valence-electron chi connectivity index (χ0n) is 11.9. The normalized spacial score (nSPS) is 18.4. The third-order valence-corrected chi connectivity index (χ3v) is 3.53. The highest BCUT2D eigenvalue weighted by atomic mass is 16.5. The summed E-state index contributed by atoms with van der Waals surface area (Å²) in [6, 6.07) is 1.47. The number of rotatable bonds is 4. The van der Waals surface area contributed by atoms with Crippen molar-refractivity contribution in [3.8, 4) is 0 Å². The largest absolute Gasteiger partial charge is 0.438 e. The van der Waals surface area contributed by atoms with Gasteiger partial charge in [-0.2, -0.15) is 0 Å². The number of aromatic nitrogens is 3. The Hall–Kier alpha value is -2.48. The predicted octanol–water partition coefficient (Wildman–Crippen LogP) is 0.232. The van der Waals surface area contributed by atoms with Gasteiger partial charge >= 0.3 is 0 Å². The molecule has 0 aromatic carbocycles. The highest BCUT2D eigenvalue weighted by molar-refractivity contribution is 5.91. The summed E-state index contributed by atoms with van der Waals surface area (Å²) in [5.41, 5.74) is 0.544. The average Bonchev–Trinajstić information content (AvgIpc) is 3.07. The van der Waals surface area contributed by atoms with Crippen molar-refractivity contribution in [3.05, 3.63) is 46.8 Å². The van der Waals surface area contributed by atoms with Crippen LogP contribution in [0.3, 0.4) is 0 Å². The molecule has 8 nitrogen and oxygen atoms in total. The molecule has 0 unspecified atom stereocenters. The van der Waals surface area contributed by atoms with Gasteiger partial charge in [-0.15, -0.1) is 0 Å². The minimum absolute atomic E-state index is 0.0818. The second kappa shape index (κ2) is 6.52. The quantitative estimate of drug-likeness (QED) is 0.867. The molecule has 8 heteroatoms. The van der Waals surface area contributed by atoms with E-state index < -0.39 is 0 Å². The Labute approximate surface area is 126 Å². The van der Waals surface area contributed by atoms with Crippen LogP contribution in [0.15, 0.2) is 34.2 Å². The molecule has 1 aliphatic rings. The van der Waals surface area contributed by atoms with Crippen LogP contribution < -0.4 is 5.56 Å². The molecule has 22 heavy (non-hydrogen) atoms. The van der Waals surface area contributed by atoms with Gasteiger partial charge in [0, 0.05) is 24.8 Å². The molecule has 1 atom stereocenters. The van der Waals surface area contributed by atoms with Gasteiger partial charge in [-0.3, -0.25) is 9.59 Å². The lowest BCUT2D eigenvalue weighted by Gasteiger charge is -2.32. The minimum Gasteiger partial charge on any atom is -0.438 e. The van der Waals surface area contributed by atoms with Crippen LogP contribution in [0.5, 0.6) is 0 Å². The summed E-state index contributed by atoms with van der Waals surface area (Å²) >= 11 is 0. The maximum Gasteiger partial charge on any atom is 0.291 e. The van der Waals surface area contributed by atoms with Crippen molar-refractivity contribution in [1.82, 2.24) is 19.9 Å². The zero-order valence-corrected chi connectivity index (χ0v) is 11.9. The Morgan fingerprint density at radius 2 is 2.41 bits per heavy atom. The van der Waals surface area contributed by atoms with Crippen molar-refractivity contribution in [3.63, 3.8) is 0 Å². The number of oxazole rings is 1. The molecule has 0 bridgehead atoms. The molecular formula is C14H16N4O4.